The molecule has 49 heavy (non-hydrogen) atoms. The van der Waals surface area contributed by atoms with E-state index < -0.39 is 58.0 Å². The van der Waals surface area contributed by atoms with E-state index in [0.717, 1.165) is 16.7 Å². The van der Waals surface area contributed by atoms with Gasteiger partial charge in [-0.3, -0.25) is 14.6 Å². The molecule has 5 aliphatic heterocycles. The number of methoxy groups -OCH3 is 1. The monoisotopic (exact) mass is 689 g/mol. The van der Waals surface area contributed by atoms with Crippen LogP contribution in [0, 0.1) is 25.2 Å². The summed E-state index contributed by atoms with van der Waals surface area (Å²) in [6.45, 7) is 11.2. The summed E-state index contributed by atoms with van der Waals surface area (Å²) in [5.41, 5.74) is 13.2. The molecular formula is C35H39N5O8S. The SMILES string of the molecule is C=C(N)[C@@H](N)C(=O)OC12C[C@@H](c3c4c(c(C)c(OC(C)=O)c31)OCO4)N1[C@H]([C@H]3c4c(cc(C)c(OC)c4O)C4(C)CC1(C#N)CN34)[C@@H]2SC. The van der Waals surface area contributed by atoms with Gasteiger partial charge in [-0.2, -0.15) is 17.0 Å². The second-order valence-electron chi connectivity index (χ2n) is 14.2. The smallest absolute Gasteiger partial charge is 0.329 e. The highest BCUT2D eigenvalue weighted by atomic mass is 32.2. The van der Waals surface area contributed by atoms with Crippen molar-refractivity contribution >= 4 is 23.7 Å². The molecule has 3 saturated heterocycles. The Balaban J connectivity index is 1.46. The van der Waals surface area contributed by atoms with Crippen LogP contribution in [-0.4, -0.2) is 76.4 Å². The van der Waals surface area contributed by atoms with Gasteiger partial charge in [0.15, 0.2) is 28.6 Å². The van der Waals surface area contributed by atoms with E-state index >= 15 is 0 Å². The number of fused-ring (bicyclic) bond motifs is 15. The Morgan fingerprint density at radius 2 is 1.96 bits per heavy atom. The third-order valence-corrected chi connectivity index (χ3v) is 12.9. The van der Waals surface area contributed by atoms with E-state index in [9.17, 15) is 20.0 Å². The highest BCUT2D eigenvalue weighted by Gasteiger charge is 2.76. The summed E-state index contributed by atoms with van der Waals surface area (Å²) in [6.07, 6.45) is 2.61. The van der Waals surface area contributed by atoms with Crippen molar-refractivity contribution in [3.63, 3.8) is 0 Å². The average molecular weight is 690 g/mol. The van der Waals surface area contributed by atoms with E-state index in [1.165, 1.54) is 25.8 Å². The molecule has 6 aliphatic rings. The molecule has 8 rings (SSSR count). The number of nitrogens with two attached hydrogens (primary N) is 2. The number of rotatable bonds is 6. The first-order valence-corrected chi connectivity index (χ1v) is 17.5. The van der Waals surface area contributed by atoms with Crippen LogP contribution in [-0.2, 0) is 25.5 Å². The fraction of sp³-hybridized carbons (Fsp3) is 0.514. The molecule has 0 saturated carbocycles. The Morgan fingerprint density at radius 3 is 2.59 bits per heavy atom. The number of ether oxygens (including phenoxy) is 5. The number of phenols is 1. The number of hydrogen-bond acceptors (Lipinski definition) is 14. The van der Waals surface area contributed by atoms with Gasteiger partial charge >= 0.3 is 11.9 Å². The lowest BCUT2D eigenvalue weighted by molar-refractivity contribution is -0.178. The maximum atomic E-state index is 14.0. The van der Waals surface area contributed by atoms with E-state index in [1.54, 1.807) is 6.92 Å². The summed E-state index contributed by atoms with van der Waals surface area (Å²) < 4.78 is 30.5. The molecule has 5 N–H and O–H groups in total. The average Bonchev–Trinajstić information content (AvgIpc) is 3.76. The Bertz CT molecular complexity index is 1950. The molecule has 0 spiro atoms. The number of carbonyl (C=O) groups is 2. The number of nitriles is 1. The van der Waals surface area contributed by atoms with E-state index in [1.807, 2.05) is 13.2 Å². The first-order valence-electron chi connectivity index (χ1n) is 16.2. The quantitative estimate of drug-likeness (QED) is 0.297. The molecule has 14 heteroatoms. The highest BCUT2D eigenvalue weighted by molar-refractivity contribution is 7.99. The summed E-state index contributed by atoms with van der Waals surface area (Å²) in [6, 6.07) is 1.99. The Morgan fingerprint density at radius 1 is 1.24 bits per heavy atom. The highest BCUT2D eigenvalue weighted by Crippen LogP contribution is 2.74. The molecule has 2 aromatic carbocycles. The molecule has 3 fully saturated rings. The van der Waals surface area contributed by atoms with E-state index in [-0.39, 0.29) is 30.4 Å². The van der Waals surface area contributed by atoms with Gasteiger partial charge in [0.25, 0.3) is 0 Å². The second kappa shape index (κ2) is 10.2. The lowest BCUT2D eigenvalue weighted by Crippen LogP contribution is -2.70. The number of carbonyl (C=O) groups excluding carboxylic acids is 2. The molecule has 0 amide bonds. The Kier molecular flexibility index (Phi) is 6.67. The number of aromatic hydroxyl groups is 1. The first-order chi connectivity index (χ1) is 23.2. The van der Waals surface area contributed by atoms with E-state index in [4.69, 9.17) is 35.2 Å². The number of phenolic OH excluding ortho intramolecular Hbond substituents is 1. The van der Waals surface area contributed by atoms with Gasteiger partial charge in [-0.25, -0.2) is 4.79 Å². The zero-order chi connectivity index (χ0) is 35.1. The third-order valence-electron chi connectivity index (χ3n) is 11.8. The molecule has 3 unspecified atom stereocenters. The molecule has 13 nitrogen and oxygen atoms in total. The van der Waals surface area contributed by atoms with Gasteiger partial charge in [0, 0.05) is 71.9 Å². The van der Waals surface area contributed by atoms with Crippen molar-refractivity contribution in [2.24, 2.45) is 11.5 Å². The van der Waals surface area contributed by atoms with E-state index in [2.05, 4.69) is 35.4 Å². The molecule has 0 aromatic heterocycles. The summed E-state index contributed by atoms with van der Waals surface area (Å²) in [7, 11) is 1.53. The van der Waals surface area contributed by atoms with Crippen LogP contribution in [0.3, 0.4) is 0 Å². The van der Waals surface area contributed by atoms with Gasteiger partial charge in [-0.1, -0.05) is 6.58 Å². The minimum atomic E-state index is -1.45. The molecule has 8 atom stereocenters. The van der Waals surface area contributed by atoms with Gasteiger partial charge in [0.2, 0.25) is 6.79 Å². The zero-order valence-electron chi connectivity index (χ0n) is 28.2. The number of thioether (sulfide) groups is 1. The van der Waals surface area contributed by atoms with Gasteiger partial charge in [-0.05, 0) is 44.2 Å². The van der Waals surface area contributed by atoms with Crippen LogP contribution < -0.4 is 30.4 Å². The number of benzene rings is 2. The van der Waals surface area contributed by atoms with Crippen molar-refractivity contribution in [1.29, 1.82) is 5.26 Å². The first kappa shape index (κ1) is 32.1. The number of esters is 2. The molecule has 258 valence electrons. The molecule has 1 aliphatic carbocycles. The fourth-order valence-corrected chi connectivity index (χ4v) is 11.3. The van der Waals surface area contributed by atoms with Crippen LogP contribution in [0.5, 0.6) is 28.7 Å². The number of aryl methyl sites for hydroxylation is 1. The van der Waals surface area contributed by atoms with Crippen LogP contribution in [0.1, 0.15) is 72.2 Å². The van der Waals surface area contributed by atoms with Crippen molar-refractivity contribution in [3.05, 3.63) is 51.7 Å². The van der Waals surface area contributed by atoms with Crippen molar-refractivity contribution in [3.8, 4) is 34.8 Å². The molecule has 0 radical (unpaired) electrons. The third kappa shape index (κ3) is 3.71. The van der Waals surface area contributed by atoms with Crippen LogP contribution >= 0.6 is 11.8 Å². The normalized spacial score (nSPS) is 33.3. The molecule has 5 heterocycles. The summed E-state index contributed by atoms with van der Waals surface area (Å²) in [4.78, 5) is 31.3. The lowest BCUT2D eigenvalue weighted by Gasteiger charge is -2.59. The van der Waals surface area contributed by atoms with Crippen LogP contribution in [0.4, 0.5) is 0 Å². The lowest BCUT2D eigenvalue weighted by atomic mass is 9.72. The fourth-order valence-electron chi connectivity index (χ4n) is 10.1. The summed E-state index contributed by atoms with van der Waals surface area (Å²) in [5.74, 6) is 0.199. The van der Waals surface area contributed by atoms with Crippen molar-refractivity contribution in [2.75, 3.05) is 26.7 Å². The van der Waals surface area contributed by atoms with Crippen molar-refractivity contribution < 1.29 is 38.4 Å². The summed E-state index contributed by atoms with van der Waals surface area (Å²) >= 11 is 1.48. The van der Waals surface area contributed by atoms with Crippen LogP contribution in [0.2, 0.25) is 0 Å². The standard InChI is InChI=1S/C35H39N5O8S/c1-14-8-18-20(26(42)27(14)44-6)24-25-31(49-7)35(48-32(43)23(38)16(3)37)9-19(40(25)34(11-36)10-33(18,5)39(24)12-34)21-22(35)28(47-17(4)41)15(2)29-30(21)46-13-45-29/h8,19,23-25,31,42H,3,9-10,12-13,37-38H2,1-2,4-7H3/t19-,23+,24+,25+,31-,33?,34?,35?/m0/s1. The predicted octanol–water partition coefficient (Wildman–Crippen LogP) is 3.02. The zero-order valence-corrected chi connectivity index (χ0v) is 29.0. The van der Waals surface area contributed by atoms with Crippen molar-refractivity contribution in [2.45, 2.75) is 86.6 Å². The predicted molar refractivity (Wildman–Crippen MR) is 177 cm³/mol. The molecule has 4 bridgehead atoms. The Hall–Kier alpha value is -4.16. The maximum absolute atomic E-state index is 14.0. The van der Waals surface area contributed by atoms with Gasteiger partial charge in [-0.15, -0.1) is 0 Å². The second-order valence-corrected chi connectivity index (χ2v) is 15.2. The van der Waals surface area contributed by atoms with Gasteiger partial charge < -0.3 is 40.3 Å². The Labute approximate surface area is 288 Å². The van der Waals surface area contributed by atoms with Crippen LogP contribution in [0.25, 0.3) is 0 Å². The molecular weight excluding hydrogens is 650 g/mol. The molecule has 2 aromatic rings. The van der Waals surface area contributed by atoms with Gasteiger partial charge in [0.1, 0.15) is 17.3 Å². The van der Waals surface area contributed by atoms with Gasteiger partial charge in [0.05, 0.1) is 24.5 Å². The number of piperazine rings is 1. The number of piperidine rings is 1. The van der Waals surface area contributed by atoms with Crippen molar-refractivity contribution in [1.82, 2.24) is 9.80 Å². The minimum absolute atomic E-state index is 0.0550. The summed E-state index contributed by atoms with van der Waals surface area (Å²) in [5, 5.41) is 22.6. The maximum Gasteiger partial charge on any atom is 0.329 e. The van der Waals surface area contributed by atoms with Crippen LogP contribution in [0.15, 0.2) is 18.3 Å². The number of hydrogen-bond donors (Lipinski definition) is 3. The minimum Gasteiger partial charge on any atom is -0.504 e. The topological polar surface area (TPSA) is 183 Å². The number of nitrogens with zero attached hydrogens (tertiary/aromatic N) is 3. The van der Waals surface area contributed by atoms with E-state index in [0.29, 0.717) is 46.9 Å². The largest absolute Gasteiger partial charge is 0.504 e.